The quantitative estimate of drug-likeness (QED) is 0.576. The lowest BCUT2D eigenvalue weighted by Crippen LogP contribution is -2.44. The van der Waals surface area contributed by atoms with Gasteiger partial charge in [-0.1, -0.05) is 6.07 Å². The Balaban J connectivity index is 1.71. The lowest BCUT2D eigenvalue weighted by atomic mass is 9.98. The molecule has 1 aromatic carbocycles. The Labute approximate surface area is 155 Å². The highest BCUT2D eigenvalue weighted by molar-refractivity contribution is 7.88. The topological polar surface area (TPSA) is 73.8 Å². The van der Waals surface area contributed by atoms with E-state index < -0.39 is 10.0 Å². The third-order valence-electron chi connectivity index (χ3n) is 4.82. The molecule has 146 valence electrons. The molecule has 0 amide bonds. The SMILES string of the molecule is CN=C(NCCc1ccc(F)cc1C)NCC1CCN(S(C)(=O)=O)CC1. The first-order valence-corrected chi connectivity index (χ1v) is 10.8. The largest absolute Gasteiger partial charge is 0.356 e. The van der Waals surface area contributed by atoms with Crippen LogP contribution in [-0.2, 0) is 16.4 Å². The summed E-state index contributed by atoms with van der Waals surface area (Å²) in [4.78, 5) is 4.22. The zero-order valence-corrected chi connectivity index (χ0v) is 16.6. The molecule has 0 bridgehead atoms. The van der Waals surface area contributed by atoms with Gasteiger partial charge in [-0.25, -0.2) is 17.1 Å². The fourth-order valence-electron chi connectivity index (χ4n) is 3.16. The molecule has 0 saturated carbocycles. The predicted octanol–water partition coefficient (Wildman–Crippen LogP) is 1.51. The number of sulfonamides is 1. The minimum atomic E-state index is -3.08. The van der Waals surface area contributed by atoms with Crippen molar-refractivity contribution < 1.29 is 12.8 Å². The first kappa shape index (κ1) is 20.6. The molecule has 1 fully saturated rings. The highest BCUT2D eigenvalue weighted by atomic mass is 32.2. The van der Waals surface area contributed by atoms with Gasteiger partial charge in [-0.05, 0) is 55.4 Å². The number of hydrogen-bond acceptors (Lipinski definition) is 3. The van der Waals surface area contributed by atoms with Crippen molar-refractivity contribution in [2.75, 3.05) is 39.5 Å². The molecule has 8 heteroatoms. The molecule has 0 spiro atoms. The van der Waals surface area contributed by atoms with Crippen molar-refractivity contribution in [1.29, 1.82) is 0 Å². The molecule has 1 aliphatic heterocycles. The van der Waals surface area contributed by atoms with E-state index in [0.717, 1.165) is 42.9 Å². The summed E-state index contributed by atoms with van der Waals surface area (Å²) >= 11 is 0. The van der Waals surface area contributed by atoms with E-state index in [-0.39, 0.29) is 5.82 Å². The van der Waals surface area contributed by atoms with Crippen molar-refractivity contribution >= 4 is 16.0 Å². The van der Waals surface area contributed by atoms with E-state index in [4.69, 9.17) is 0 Å². The molecular formula is C18H29FN4O2S. The van der Waals surface area contributed by atoms with Crippen LogP contribution in [0, 0.1) is 18.7 Å². The van der Waals surface area contributed by atoms with Crippen molar-refractivity contribution in [2.24, 2.45) is 10.9 Å². The third kappa shape index (κ3) is 6.25. The van der Waals surface area contributed by atoms with Gasteiger partial charge in [0.15, 0.2) is 5.96 Å². The van der Waals surface area contributed by atoms with Crippen molar-refractivity contribution in [3.63, 3.8) is 0 Å². The molecule has 0 aliphatic carbocycles. The summed E-state index contributed by atoms with van der Waals surface area (Å²) in [6, 6.07) is 4.85. The predicted molar refractivity (Wildman–Crippen MR) is 103 cm³/mol. The first-order valence-electron chi connectivity index (χ1n) is 8.94. The van der Waals surface area contributed by atoms with Crippen molar-refractivity contribution in [2.45, 2.75) is 26.2 Å². The molecule has 1 aromatic rings. The van der Waals surface area contributed by atoms with Crippen molar-refractivity contribution in [3.05, 3.63) is 35.1 Å². The molecule has 0 unspecified atom stereocenters. The van der Waals surface area contributed by atoms with Crippen LogP contribution in [0.3, 0.4) is 0 Å². The van der Waals surface area contributed by atoms with Crippen LogP contribution in [0.4, 0.5) is 4.39 Å². The zero-order valence-electron chi connectivity index (χ0n) is 15.8. The van der Waals surface area contributed by atoms with Gasteiger partial charge < -0.3 is 10.6 Å². The molecule has 6 nitrogen and oxygen atoms in total. The number of aliphatic imine (C=N–C) groups is 1. The lowest BCUT2D eigenvalue weighted by molar-refractivity contribution is 0.275. The van der Waals surface area contributed by atoms with Crippen LogP contribution in [0.2, 0.25) is 0 Å². The maximum atomic E-state index is 13.1. The number of rotatable bonds is 6. The minimum Gasteiger partial charge on any atom is -0.356 e. The summed E-state index contributed by atoms with van der Waals surface area (Å²) < 4.78 is 37.8. The minimum absolute atomic E-state index is 0.210. The van der Waals surface area contributed by atoms with Gasteiger partial charge in [0.05, 0.1) is 6.26 Å². The van der Waals surface area contributed by atoms with Crippen molar-refractivity contribution in [1.82, 2.24) is 14.9 Å². The van der Waals surface area contributed by atoms with E-state index in [1.165, 1.54) is 12.3 Å². The van der Waals surface area contributed by atoms with E-state index in [9.17, 15) is 12.8 Å². The van der Waals surface area contributed by atoms with Gasteiger partial charge in [0.1, 0.15) is 5.82 Å². The fraction of sp³-hybridized carbons (Fsp3) is 0.611. The smallest absolute Gasteiger partial charge is 0.211 e. The summed E-state index contributed by atoms with van der Waals surface area (Å²) in [5.41, 5.74) is 2.06. The Kier molecular flexibility index (Phi) is 7.40. The zero-order chi connectivity index (χ0) is 19.2. The molecule has 0 atom stereocenters. The second-order valence-corrected chi connectivity index (χ2v) is 8.79. The number of halogens is 1. The van der Waals surface area contributed by atoms with Crippen LogP contribution in [0.5, 0.6) is 0 Å². The second kappa shape index (κ2) is 9.32. The standard InChI is InChI=1S/C18H29FN4O2S/c1-14-12-17(19)5-4-16(14)6-9-21-18(20-2)22-13-15-7-10-23(11-8-15)26(3,24)25/h4-5,12,15H,6-11,13H2,1-3H3,(H2,20,21,22). The van der Waals surface area contributed by atoms with Crippen LogP contribution in [0.1, 0.15) is 24.0 Å². The number of hydrogen-bond donors (Lipinski definition) is 2. The maximum absolute atomic E-state index is 13.1. The summed E-state index contributed by atoms with van der Waals surface area (Å²) in [5, 5.41) is 6.58. The number of aryl methyl sites for hydroxylation is 1. The molecule has 1 heterocycles. The maximum Gasteiger partial charge on any atom is 0.211 e. The Bertz CT molecular complexity index is 729. The lowest BCUT2D eigenvalue weighted by Gasteiger charge is -2.30. The van der Waals surface area contributed by atoms with Crippen LogP contribution in [-0.4, -0.2) is 58.2 Å². The summed E-state index contributed by atoms with van der Waals surface area (Å²) in [6.45, 7) is 4.56. The van der Waals surface area contributed by atoms with Gasteiger partial charge in [0.2, 0.25) is 10.0 Å². The first-order chi connectivity index (χ1) is 12.3. The molecular weight excluding hydrogens is 355 g/mol. The van der Waals surface area contributed by atoms with Crippen LogP contribution in [0.25, 0.3) is 0 Å². The molecule has 1 aliphatic rings. The monoisotopic (exact) mass is 384 g/mol. The van der Waals surface area contributed by atoms with Gasteiger partial charge in [-0.15, -0.1) is 0 Å². The van der Waals surface area contributed by atoms with Crippen LogP contribution in [0.15, 0.2) is 23.2 Å². The van der Waals surface area contributed by atoms with Gasteiger partial charge in [0.25, 0.3) is 0 Å². The average Bonchev–Trinajstić information content (AvgIpc) is 2.59. The van der Waals surface area contributed by atoms with Gasteiger partial charge in [-0.2, -0.15) is 0 Å². The Hall–Kier alpha value is -1.67. The van der Waals surface area contributed by atoms with E-state index in [2.05, 4.69) is 15.6 Å². The third-order valence-corrected chi connectivity index (χ3v) is 6.12. The van der Waals surface area contributed by atoms with E-state index in [0.29, 0.717) is 25.6 Å². The van der Waals surface area contributed by atoms with E-state index in [1.807, 2.05) is 13.0 Å². The average molecular weight is 385 g/mol. The molecule has 2 N–H and O–H groups in total. The summed E-state index contributed by atoms with van der Waals surface area (Å²) in [5.74, 6) is 0.958. The number of nitrogens with zero attached hydrogens (tertiary/aromatic N) is 2. The van der Waals surface area contributed by atoms with Gasteiger partial charge in [0, 0.05) is 33.2 Å². The number of guanidine groups is 1. The molecule has 26 heavy (non-hydrogen) atoms. The molecule has 0 aromatic heterocycles. The Morgan fingerprint density at radius 2 is 2.00 bits per heavy atom. The molecule has 2 rings (SSSR count). The van der Waals surface area contributed by atoms with Gasteiger partial charge in [-0.3, -0.25) is 4.99 Å². The van der Waals surface area contributed by atoms with Crippen molar-refractivity contribution in [3.8, 4) is 0 Å². The second-order valence-electron chi connectivity index (χ2n) is 6.81. The van der Waals surface area contributed by atoms with E-state index in [1.54, 1.807) is 17.4 Å². The van der Waals surface area contributed by atoms with Crippen LogP contribution >= 0.6 is 0 Å². The van der Waals surface area contributed by atoms with Crippen LogP contribution < -0.4 is 10.6 Å². The number of nitrogens with one attached hydrogen (secondary N) is 2. The number of piperidine rings is 1. The summed E-state index contributed by atoms with van der Waals surface area (Å²) in [6.07, 6.45) is 3.76. The Morgan fingerprint density at radius 1 is 1.31 bits per heavy atom. The Morgan fingerprint density at radius 3 is 2.58 bits per heavy atom. The van der Waals surface area contributed by atoms with Gasteiger partial charge >= 0.3 is 0 Å². The molecule has 0 radical (unpaired) electrons. The normalized spacial score (nSPS) is 17.3. The highest BCUT2D eigenvalue weighted by Crippen LogP contribution is 2.18. The fourth-order valence-corrected chi connectivity index (χ4v) is 4.04. The summed E-state index contributed by atoms with van der Waals surface area (Å²) in [7, 11) is -1.35. The highest BCUT2D eigenvalue weighted by Gasteiger charge is 2.24. The van der Waals surface area contributed by atoms with E-state index >= 15 is 0 Å². The number of benzene rings is 1. The molecule has 1 saturated heterocycles.